The second-order valence-corrected chi connectivity index (χ2v) is 7.33. The van der Waals surface area contributed by atoms with Crippen molar-refractivity contribution in [2.45, 2.75) is 37.2 Å². The second-order valence-electron chi connectivity index (χ2n) is 5.62. The first kappa shape index (κ1) is 16.4. The predicted molar refractivity (Wildman–Crippen MR) is 79.9 cm³/mol. The van der Waals surface area contributed by atoms with E-state index in [1.807, 2.05) is 7.05 Å². The van der Waals surface area contributed by atoms with Crippen molar-refractivity contribution in [2.75, 3.05) is 20.1 Å². The van der Waals surface area contributed by atoms with E-state index in [0.29, 0.717) is 5.56 Å². The van der Waals surface area contributed by atoms with E-state index < -0.39 is 15.8 Å². The van der Waals surface area contributed by atoms with Gasteiger partial charge in [0, 0.05) is 18.2 Å². The normalized spacial score (nSPS) is 18.1. The predicted octanol–water partition coefficient (Wildman–Crippen LogP) is 0.965. The number of aryl methyl sites for hydroxylation is 1. The van der Waals surface area contributed by atoms with E-state index in [1.165, 1.54) is 12.1 Å². The van der Waals surface area contributed by atoms with Gasteiger partial charge in [-0.2, -0.15) is 0 Å². The lowest BCUT2D eigenvalue weighted by molar-refractivity contribution is 0.248. The quantitative estimate of drug-likeness (QED) is 0.868. The van der Waals surface area contributed by atoms with Crippen LogP contribution in [0, 0.1) is 12.7 Å². The van der Waals surface area contributed by atoms with Gasteiger partial charge in [0.05, 0.1) is 4.90 Å². The van der Waals surface area contributed by atoms with E-state index in [0.717, 1.165) is 25.9 Å². The first-order chi connectivity index (χ1) is 9.83. The van der Waals surface area contributed by atoms with Crippen molar-refractivity contribution in [3.05, 3.63) is 29.1 Å². The van der Waals surface area contributed by atoms with Gasteiger partial charge in [-0.3, -0.25) is 0 Å². The van der Waals surface area contributed by atoms with E-state index in [4.69, 9.17) is 5.73 Å². The Balaban J connectivity index is 2.21. The molecule has 21 heavy (non-hydrogen) atoms. The van der Waals surface area contributed by atoms with E-state index in [9.17, 15) is 12.8 Å². The summed E-state index contributed by atoms with van der Waals surface area (Å²) < 4.78 is 41.3. The molecule has 1 fully saturated rings. The van der Waals surface area contributed by atoms with Gasteiger partial charge in [-0.15, -0.1) is 0 Å². The molecule has 0 radical (unpaired) electrons. The molecule has 0 aliphatic carbocycles. The summed E-state index contributed by atoms with van der Waals surface area (Å²) >= 11 is 0. The first-order valence-corrected chi connectivity index (χ1v) is 8.52. The third-order valence-electron chi connectivity index (χ3n) is 3.87. The molecule has 1 aliphatic heterocycles. The zero-order chi connectivity index (χ0) is 15.6. The smallest absolute Gasteiger partial charge is 0.240 e. The average molecular weight is 315 g/mol. The van der Waals surface area contributed by atoms with Gasteiger partial charge in [0.25, 0.3) is 0 Å². The van der Waals surface area contributed by atoms with Crippen LogP contribution in [-0.2, 0) is 16.6 Å². The number of sulfonamides is 1. The third-order valence-corrected chi connectivity index (χ3v) is 5.37. The summed E-state index contributed by atoms with van der Waals surface area (Å²) in [6.07, 6.45) is 1.55. The lowest BCUT2D eigenvalue weighted by Crippen LogP contribution is -2.43. The number of nitrogens with two attached hydrogens (primary N) is 1. The van der Waals surface area contributed by atoms with Crippen molar-refractivity contribution in [1.82, 2.24) is 9.62 Å². The molecule has 5 nitrogen and oxygen atoms in total. The summed E-state index contributed by atoms with van der Waals surface area (Å²) in [7, 11) is -1.62. The van der Waals surface area contributed by atoms with Gasteiger partial charge in [-0.05, 0) is 57.6 Å². The fourth-order valence-corrected chi connectivity index (χ4v) is 3.96. The fourth-order valence-electron chi connectivity index (χ4n) is 2.52. The van der Waals surface area contributed by atoms with Gasteiger partial charge in [0.1, 0.15) is 5.82 Å². The second kappa shape index (κ2) is 6.39. The van der Waals surface area contributed by atoms with Crippen LogP contribution in [0.2, 0.25) is 0 Å². The average Bonchev–Trinajstić information content (AvgIpc) is 2.44. The highest BCUT2D eigenvalue weighted by atomic mass is 32.2. The molecular formula is C14H22FN3O2S. The number of piperidine rings is 1. The Kier molecular flexibility index (Phi) is 4.98. The lowest BCUT2D eigenvalue weighted by atomic mass is 10.1. The molecule has 7 heteroatoms. The van der Waals surface area contributed by atoms with Crippen molar-refractivity contribution >= 4 is 10.0 Å². The summed E-state index contributed by atoms with van der Waals surface area (Å²) in [6.45, 7) is 3.25. The number of hydrogen-bond acceptors (Lipinski definition) is 4. The van der Waals surface area contributed by atoms with E-state index >= 15 is 0 Å². The molecular weight excluding hydrogens is 293 g/mol. The Bertz CT molecular complexity index is 611. The number of halogens is 1. The van der Waals surface area contributed by atoms with Gasteiger partial charge < -0.3 is 10.6 Å². The van der Waals surface area contributed by atoms with Crippen LogP contribution in [0.3, 0.4) is 0 Å². The molecule has 0 amide bonds. The van der Waals surface area contributed by atoms with Crippen LogP contribution >= 0.6 is 0 Å². The molecule has 0 saturated carbocycles. The SMILES string of the molecule is Cc1cc(S(=O)(=O)NC2CCN(C)CC2)cc(CN)c1F. The molecule has 0 aromatic heterocycles. The number of hydrogen-bond donors (Lipinski definition) is 2. The Morgan fingerprint density at radius 3 is 2.57 bits per heavy atom. The van der Waals surface area contributed by atoms with Crippen LogP contribution in [0.15, 0.2) is 17.0 Å². The molecule has 0 atom stereocenters. The largest absolute Gasteiger partial charge is 0.326 e. The molecule has 0 bridgehead atoms. The zero-order valence-corrected chi connectivity index (χ0v) is 13.2. The number of nitrogens with one attached hydrogen (secondary N) is 1. The van der Waals surface area contributed by atoms with Gasteiger partial charge in [0.15, 0.2) is 0 Å². The van der Waals surface area contributed by atoms with Crippen LogP contribution in [-0.4, -0.2) is 39.5 Å². The summed E-state index contributed by atoms with van der Waals surface area (Å²) in [6, 6.07) is 2.60. The summed E-state index contributed by atoms with van der Waals surface area (Å²) in [5.41, 5.74) is 5.98. The highest BCUT2D eigenvalue weighted by molar-refractivity contribution is 7.89. The molecule has 118 valence electrons. The summed E-state index contributed by atoms with van der Waals surface area (Å²) in [5, 5.41) is 0. The fraction of sp³-hybridized carbons (Fsp3) is 0.571. The van der Waals surface area contributed by atoms with Gasteiger partial charge in [-0.1, -0.05) is 0 Å². The van der Waals surface area contributed by atoms with Crippen molar-refractivity contribution < 1.29 is 12.8 Å². The monoisotopic (exact) mass is 315 g/mol. The van der Waals surface area contributed by atoms with Crippen molar-refractivity contribution in [2.24, 2.45) is 5.73 Å². The zero-order valence-electron chi connectivity index (χ0n) is 12.4. The number of benzene rings is 1. The molecule has 0 spiro atoms. The number of likely N-dealkylation sites (tertiary alicyclic amines) is 1. The van der Waals surface area contributed by atoms with Crippen LogP contribution in [0.1, 0.15) is 24.0 Å². The van der Waals surface area contributed by atoms with Crippen molar-refractivity contribution in [3.63, 3.8) is 0 Å². The molecule has 1 aromatic rings. The molecule has 1 aliphatic rings. The maximum atomic E-state index is 13.8. The summed E-state index contributed by atoms with van der Waals surface area (Å²) in [4.78, 5) is 2.25. The van der Waals surface area contributed by atoms with E-state index in [2.05, 4.69) is 9.62 Å². The maximum Gasteiger partial charge on any atom is 0.240 e. The standard InChI is InChI=1S/C14H22FN3O2S/c1-10-7-13(8-11(9-16)14(10)15)21(19,20)17-12-3-5-18(2)6-4-12/h7-8,12,17H,3-6,9,16H2,1-2H3. The Labute approximate surface area is 125 Å². The first-order valence-electron chi connectivity index (χ1n) is 7.03. The summed E-state index contributed by atoms with van der Waals surface area (Å²) in [5.74, 6) is -0.434. The maximum absolute atomic E-state index is 13.8. The van der Waals surface area contributed by atoms with Crippen molar-refractivity contribution in [3.8, 4) is 0 Å². The third kappa shape index (κ3) is 3.79. The molecule has 3 N–H and O–H groups in total. The minimum atomic E-state index is -3.64. The number of nitrogens with zero attached hydrogens (tertiary/aromatic N) is 1. The van der Waals surface area contributed by atoms with E-state index in [1.54, 1.807) is 6.92 Å². The van der Waals surface area contributed by atoms with Gasteiger partial charge >= 0.3 is 0 Å². The molecule has 1 aromatic carbocycles. The highest BCUT2D eigenvalue weighted by Gasteiger charge is 2.24. The molecule has 0 unspecified atom stereocenters. The molecule has 2 rings (SSSR count). The Hall–Kier alpha value is -1.02. The van der Waals surface area contributed by atoms with Gasteiger partial charge in [0.2, 0.25) is 10.0 Å². The van der Waals surface area contributed by atoms with Crippen LogP contribution in [0.25, 0.3) is 0 Å². The minimum absolute atomic E-state index is 0.0236. The molecule has 1 saturated heterocycles. The number of rotatable bonds is 4. The van der Waals surface area contributed by atoms with E-state index in [-0.39, 0.29) is 23.0 Å². The van der Waals surface area contributed by atoms with Crippen LogP contribution < -0.4 is 10.5 Å². The van der Waals surface area contributed by atoms with Crippen molar-refractivity contribution in [1.29, 1.82) is 0 Å². The highest BCUT2D eigenvalue weighted by Crippen LogP contribution is 2.20. The minimum Gasteiger partial charge on any atom is -0.326 e. The Morgan fingerprint density at radius 2 is 2.00 bits per heavy atom. The lowest BCUT2D eigenvalue weighted by Gasteiger charge is -2.29. The Morgan fingerprint density at radius 1 is 1.38 bits per heavy atom. The van der Waals surface area contributed by atoms with Crippen LogP contribution in [0.5, 0.6) is 0 Å². The van der Waals surface area contributed by atoms with Gasteiger partial charge in [-0.25, -0.2) is 17.5 Å². The van der Waals surface area contributed by atoms with Crippen LogP contribution in [0.4, 0.5) is 4.39 Å². The molecule has 1 heterocycles. The topological polar surface area (TPSA) is 75.4 Å².